The zero-order chi connectivity index (χ0) is 34.8. The number of ether oxygens (including phenoxy) is 1. The Hall–Kier alpha value is -5.79. The van der Waals surface area contributed by atoms with E-state index in [1.807, 2.05) is 36.6 Å². The summed E-state index contributed by atoms with van der Waals surface area (Å²) in [6.45, 7) is 4.30. The van der Waals surface area contributed by atoms with Crippen molar-refractivity contribution in [3.63, 3.8) is 0 Å². The number of rotatable bonds is 13. The first-order chi connectivity index (χ1) is 23.7. The van der Waals surface area contributed by atoms with Crippen LogP contribution in [0.2, 0.25) is 0 Å². The molecule has 4 aromatic carbocycles. The van der Waals surface area contributed by atoms with Crippen LogP contribution in [0.3, 0.4) is 0 Å². The molecule has 5 rings (SSSR count). The summed E-state index contributed by atoms with van der Waals surface area (Å²) in [6, 6.07) is 28.7. The fourth-order valence-corrected chi connectivity index (χ4v) is 6.10. The summed E-state index contributed by atoms with van der Waals surface area (Å²) in [5.74, 6) is -0.663. The Bertz CT molecular complexity index is 1980. The van der Waals surface area contributed by atoms with Gasteiger partial charge in [0, 0.05) is 33.2 Å². The zero-order valence-corrected chi connectivity index (χ0v) is 28.0. The van der Waals surface area contributed by atoms with Crippen molar-refractivity contribution < 1.29 is 24.0 Å². The molecule has 1 atom stereocenters. The minimum atomic E-state index is -0.677. The van der Waals surface area contributed by atoms with Crippen LogP contribution in [0.1, 0.15) is 29.8 Å². The van der Waals surface area contributed by atoms with Crippen molar-refractivity contribution in [3.8, 4) is 17.0 Å². The lowest BCUT2D eigenvalue weighted by atomic mass is 10.1. The molecule has 11 nitrogen and oxygen atoms in total. The van der Waals surface area contributed by atoms with E-state index in [1.54, 1.807) is 67.6 Å². The van der Waals surface area contributed by atoms with Gasteiger partial charge in [0.25, 0.3) is 17.5 Å². The largest absolute Gasteiger partial charge is 0.494 e. The molecule has 3 amide bonds. The monoisotopic (exact) mass is 693 g/mol. The lowest BCUT2D eigenvalue weighted by Crippen LogP contribution is -2.30. The van der Waals surface area contributed by atoms with Crippen LogP contribution in [0.5, 0.6) is 5.75 Å². The summed E-state index contributed by atoms with van der Waals surface area (Å²) in [5, 5.41) is 21.7. The average Bonchev–Trinajstić information content (AvgIpc) is 3.58. The smallest absolute Gasteiger partial charge is 0.276 e. The van der Waals surface area contributed by atoms with Crippen molar-refractivity contribution in [2.24, 2.45) is 0 Å². The minimum absolute atomic E-state index is 0.148. The number of hydrogen-bond donors (Lipinski definition) is 3. The zero-order valence-electron chi connectivity index (χ0n) is 26.4. The van der Waals surface area contributed by atoms with Crippen molar-refractivity contribution in [3.05, 3.63) is 135 Å². The van der Waals surface area contributed by atoms with Gasteiger partial charge in [0.1, 0.15) is 11.4 Å². The van der Waals surface area contributed by atoms with Crippen molar-refractivity contribution in [2.75, 3.05) is 17.2 Å². The molecule has 0 fully saturated rings. The van der Waals surface area contributed by atoms with Crippen LogP contribution in [-0.4, -0.2) is 39.5 Å². The first-order valence-corrected chi connectivity index (χ1v) is 16.9. The quantitative estimate of drug-likeness (QED) is 0.0492. The van der Waals surface area contributed by atoms with Gasteiger partial charge in [0.2, 0.25) is 5.91 Å². The average molecular weight is 694 g/mol. The minimum Gasteiger partial charge on any atom is -0.494 e. The molecule has 0 saturated heterocycles. The first kappa shape index (κ1) is 34.5. The Morgan fingerprint density at radius 2 is 1.63 bits per heavy atom. The summed E-state index contributed by atoms with van der Waals surface area (Å²) in [6.07, 6.45) is 1.27. The molecule has 0 aliphatic heterocycles. The van der Waals surface area contributed by atoms with E-state index in [0.29, 0.717) is 23.0 Å². The van der Waals surface area contributed by atoms with Crippen molar-refractivity contribution in [1.82, 2.24) is 10.3 Å². The van der Waals surface area contributed by atoms with E-state index in [0.717, 1.165) is 21.9 Å². The van der Waals surface area contributed by atoms with Gasteiger partial charge in [-0.1, -0.05) is 30.3 Å². The number of thiazole rings is 1. The maximum absolute atomic E-state index is 13.4. The van der Waals surface area contributed by atoms with Gasteiger partial charge in [-0.3, -0.25) is 24.5 Å². The Morgan fingerprint density at radius 3 is 2.33 bits per heavy atom. The maximum Gasteiger partial charge on any atom is 0.276 e. The van der Waals surface area contributed by atoms with Crippen LogP contribution in [0, 0.1) is 10.1 Å². The first-order valence-electron chi connectivity index (χ1n) is 15.1. The van der Waals surface area contributed by atoms with E-state index in [4.69, 9.17) is 4.74 Å². The van der Waals surface area contributed by atoms with Crippen molar-refractivity contribution in [2.45, 2.75) is 24.0 Å². The standard InChI is InChI=1S/C36H31N5O6S2/c1-3-47-28-17-13-24(14-18-28)31-22-48-36(39-31)40-33(42)23(2)49-29-19-15-27(16-20-29)37-35(44)30(38-34(43)25-9-5-4-6-10-25)21-26-11-7-8-12-32(26)41(45)46/h4-23H,3H2,1-2H3,(H,37,44)(H,38,43)(H,39,40,42)/b30-21-. The van der Waals surface area contributed by atoms with E-state index >= 15 is 0 Å². The Kier molecular flexibility index (Phi) is 11.5. The third-order valence-corrected chi connectivity index (χ3v) is 8.82. The van der Waals surface area contributed by atoms with E-state index in [1.165, 1.54) is 47.4 Å². The molecule has 5 aromatic rings. The second kappa shape index (κ2) is 16.4. The molecular weight excluding hydrogens is 663 g/mol. The Labute approximate surface area is 290 Å². The molecule has 13 heteroatoms. The highest BCUT2D eigenvalue weighted by molar-refractivity contribution is 8.00. The predicted octanol–water partition coefficient (Wildman–Crippen LogP) is 7.65. The third-order valence-electron chi connectivity index (χ3n) is 6.95. The van der Waals surface area contributed by atoms with Gasteiger partial charge >= 0.3 is 0 Å². The molecule has 0 aliphatic rings. The highest BCUT2D eigenvalue weighted by Gasteiger charge is 2.20. The van der Waals surface area contributed by atoms with Crippen LogP contribution in [0.15, 0.2) is 119 Å². The Morgan fingerprint density at radius 1 is 0.939 bits per heavy atom. The molecule has 0 radical (unpaired) electrons. The van der Waals surface area contributed by atoms with Gasteiger partial charge in [-0.2, -0.15) is 0 Å². The highest BCUT2D eigenvalue weighted by Crippen LogP contribution is 2.29. The summed E-state index contributed by atoms with van der Waals surface area (Å²) >= 11 is 2.67. The molecular formula is C36H31N5O6S2. The highest BCUT2D eigenvalue weighted by atomic mass is 32.2. The number of para-hydroxylation sites is 1. The number of hydrogen-bond acceptors (Lipinski definition) is 9. The molecule has 0 saturated carbocycles. The Balaban J connectivity index is 1.22. The lowest BCUT2D eigenvalue weighted by Gasteiger charge is -2.13. The van der Waals surface area contributed by atoms with Crippen molar-refractivity contribution in [1.29, 1.82) is 0 Å². The van der Waals surface area contributed by atoms with Gasteiger partial charge in [-0.15, -0.1) is 23.1 Å². The number of thioether (sulfide) groups is 1. The van der Waals surface area contributed by atoms with Crippen LogP contribution in [-0.2, 0) is 9.59 Å². The molecule has 3 N–H and O–H groups in total. The predicted molar refractivity (Wildman–Crippen MR) is 193 cm³/mol. The summed E-state index contributed by atoms with van der Waals surface area (Å²) < 4.78 is 5.49. The number of carbonyl (C=O) groups excluding carboxylic acids is 3. The van der Waals surface area contributed by atoms with Gasteiger partial charge in [-0.05, 0) is 86.7 Å². The van der Waals surface area contributed by atoms with Gasteiger partial charge in [0.05, 0.1) is 28.0 Å². The second-order valence-corrected chi connectivity index (χ2v) is 12.7. The molecule has 0 aliphatic carbocycles. The van der Waals surface area contributed by atoms with Crippen LogP contribution >= 0.6 is 23.1 Å². The molecule has 1 aromatic heterocycles. The molecule has 49 heavy (non-hydrogen) atoms. The second-order valence-electron chi connectivity index (χ2n) is 10.4. The normalized spacial score (nSPS) is 11.7. The number of aromatic nitrogens is 1. The molecule has 248 valence electrons. The maximum atomic E-state index is 13.4. The number of carbonyl (C=O) groups is 3. The van der Waals surface area contributed by atoms with Crippen LogP contribution < -0.4 is 20.7 Å². The van der Waals surface area contributed by atoms with E-state index in [-0.39, 0.29) is 22.9 Å². The fraction of sp³-hybridized carbons (Fsp3) is 0.111. The number of nitro groups is 1. The number of anilines is 2. The van der Waals surface area contributed by atoms with Crippen LogP contribution in [0.4, 0.5) is 16.5 Å². The summed E-state index contributed by atoms with van der Waals surface area (Å²) in [5.41, 5.74) is 2.14. The summed E-state index contributed by atoms with van der Waals surface area (Å²) in [7, 11) is 0. The number of nitrogens with zero attached hydrogens (tertiary/aromatic N) is 2. The van der Waals surface area contributed by atoms with E-state index in [2.05, 4.69) is 20.9 Å². The van der Waals surface area contributed by atoms with Gasteiger partial charge in [-0.25, -0.2) is 4.98 Å². The van der Waals surface area contributed by atoms with E-state index < -0.39 is 22.0 Å². The third kappa shape index (κ3) is 9.40. The van der Waals surface area contributed by atoms with Gasteiger partial charge < -0.3 is 20.7 Å². The molecule has 1 heterocycles. The number of amides is 3. The summed E-state index contributed by atoms with van der Waals surface area (Å²) in [4.78, 5) is 55.6. The lowest BCUT2D eigenvalue weighted by molar-refractivity contribution is -0.385. The van der Waals surface area contributed by atoms with Crippen molar-refractivity contribution >= 4 is 63.4 Å². The molecule has 0 bridgehead atoms. The van der Waals surface area contributed by atoms with Gasteiger partial charge in [0.15, 0.2) is 5.13 Å². The molecule has 1 unspecified atom stereocenters. The number of benzene rings is 4. The fourth-order valence-electron chi connectivity index (χ4n) is 4.51. The molecule has 0 spiro atoms. The number of nitro benzene ring substituents is 1. The topological polar surface area (TPSA) is 153 Å². The van der Waals surface area contributed by atoms with E-state index in [9.17, 15) is 24.5 Å². The SMILES string of the molecule is CCOc1ccc(-c2csc(NC(=O)C(C)Sc3ccc(NC(=O)/C(=C/c4ccccc4[N+](=O)[O-])NC(=O)c4ccccc4)cc3)n2)cc1. The number of nitrogens with one attached hydrogen (secondary N) is 3. The van der Waals surface area contributed by atoms with Crippen LogP contribution in [0.25, 0.3) is 17.3 Å².